The average Bonchev–Trinajstić information content (AvgIpc) is 2.99. The molecule has 0 unspecified atom stereocenters. The molecule has 0 saturated heterocycles. The SMILES string of the molecule is CCc1ccc(C(F)(F)F)cc1OCc1c(Cl)nsc1-c1ccccc1C. The van der Waals surface area contributed by atoms with Crippen molar-refractivity contribution >= 4 is 23.1 Å². The molecule has 7 heteroatoms. The molecule has 0 amide bonds. The molecule has 0 aliphatic rings. The van der Waals surface area contributed by atoms with Crippen LogP contribution in [0.3, 0.4) is 0 Å². The molecule has 0 saturated carbocycles. The maximum absolute atomic E-state index is 13.0. The van der Waals surface area contributed by atoms with Crippen LogP contribution in [0.25, 0.3) is 10.4 Å². The molecule has 0 aliphatic heterocycles. The first-order chi connectivity index (χ1) is 12.8. The second-order valence-corrected chi connectivity index (χ2v) is 7.19. The van der Waals surface area contributed by atoms with Crippen LogP contribution in [0.1, 0.15) is 29.2 Å². The highest BCUT2D eigenvalue weighted by Gasteiger charge is 2.31. The Hall–Kier alpha value is -2.05. The topological polar surface area (TPSA) is 22.1 Å². The summed E-state index contributed by atoms with van der Waals surface area (Å²) in [5, 5.41) is 0.309. The molecule has 2 nitrogen and oxygen atoms in total. The van der Waals surface area contributed by atoms with E-state index in [2.05, 4.69) is 4.37 Å². The van der Waals surface area contributed by atoms with Crippen LogP contribution in [0.2, 0.25) is 5.15 Å². The van der Waals surface area contributed by atoms with Crippen molar-refractivity contribution in [3.05, 3.63) is 69.9 Å². The number of rotatable bonds is 5. The summed E-state index contributed by atoms with van der Waals surface area (Å²) in [6.45, 7) is 3.90. The van der Waals surface area contributed by atoms with Crippen LogP contribution < -0.4 is 4.74 Å². The summed E-state index contributed by atoms with van der Waals surface area (Å²) in [5.74, 6) is 0.213. The Morgan fingerprint density at radius 2 is 1.89 bits per heavy atom. The number of hydrogen-bond donors (Lipinski definition) is 0. The van der Waals surface area contributed by atoms with Crippen LogP contribution in [0.5, 0.6) is 5.75 Å². The minimum Gasteiger partial charge on any atom is -0.488 e. The van der Waals surface area contributed by atoms with Gasteiger partial charge < -0.3 is 4.74 Å². The zero-order chi connectivity index (χ0) is 19.6. The lowest BCUT2D eigenvalue weighted by atomic mass is 10.0. The lowest BCUT2D eigenvalue weighted by Gasteiger charge is -2.14. The lowest BCUT2D eigenvalue weighted by molar-refractivity contribution is -0.137. The highest BCUT2D eigenvalue weighted by atomic mass is 35.5. The molecule has 0 radical (unpaired) electrons. The molecule has 0 spiro atoms. The number of alkyl halides is 3. The van der Waals surface area contributed by atoms with Gasteiger partial charge in [-0.1, -0.05) is 48.9 Å². The van der Waals surface area contributed by atoms with E-state index < -0.39 is 11.7 Å². The van der Waals surface area contributed by atoms with Gasteiger partial charge in [0.05, 0.1) is 10.4 Å². The van der Waals surface area contributed by atoms with Gasteiger partial charge in [-0.15, -0.1) is 0 Å². The molecular weight excluding hydrogens is 395 g/mol. The van der Waals surface area contributed by atoms with Gasteiger partial charge in [0, 0.05) is 5.56 Å². The van der Waals surface area contributed by atoms with E-state index in [9.17, 15) is 13.2 Å². The minimum absolute atomic E-state index is 0.0489. The van der Waals surface area contributed by atoms with Gasteiger partial charge in [0.15, 0.2) is 0 Å². The van der Waals surface area contributed by atoms with E-state index in [0.29, 0.717) is 22.7 Å². The van der Waals surface area contributed by atoms with Gasteiger partial charge >= 0.3 is 6.18 Å². The predicted molar refractivity (Wildman–Crippen MR) is 102 cm³/mol. The number of hydrogen-bond acceptors (Lipinski definition) is 3. The number of aryl methyl sites for hydroxylation is 2. The summed E-state index contributed by atoms with van der Waals surface area (Å²) < 4.78 is 49.0. The number of benzene rings is 2. The van der Waals surface area contributed by atoms with Gasteiger partial charge in [0.1, 0.15) is 17.5 Å². The van der Waals surface area contributed by atoms with Crippen LogP contribution in [-0.2, 0) is 19.2 Å². The molecule has 3 aromatic rings. The summed E-state index contributed by atoms with van der Waals surface area (Å²) in [7, 11) is 0. The molecule has 142 valence electrons. The Labute approximate surface area is 164 Å². The van der Waals surface area contributed by atoms with Gasteiger partial charge in [0.25, 0.3) is 0 Å². The molecule has 27 heavy (non-hydrogen) atoms. The van der Waals surface area contributed by atoms with E-state index in [1.807, 2.05) is 38.1 Å². The first-order valence-electron chi connectivity index (χ1n) is 8.34. The summed E-state index contributed by atoms with van der Waals surface area (Å²) in [4.78, 5) is 0.864. The Bertz CT molecular complexity index is 953. The van der Waals surface area contributed by atoms with Crippen molar-refractivity contribution in [2.45, 2.75) is 33.1 Å². The summed E-state index contributed by atoms with van der Waals surface area (Å²) in [6.07, 6.45) is -3.86. The van der Waals surface area contributed by atoms with Gasteiger partial charge in [0.2, 0.25) is 0 Å². The normalized spacial score (nSPS) is 11.6. The number of halogens is 4. The second kappa shape index (κ2) is 7.90. The van der Waals surface area contributed by atoms with E-state index in [1.165, 1.54) is 17.6 Å². The van der Waals surface area contributed by atoms with Crippen LogP contribution in [0.4, 0.5) is 13.2 Å². The number of nitrogens with zero attached hydrogens (tertiary/aromatic N) is 1. The van der Waals surface area contributed by atoms with Crippen molar-refractivity contribution in [3.63, 3.8) is 0 Å². The predicted octanol–water partition coefficient (Wildman–Crippen LogP) is 6.93. The van der Waals surface area contributed by atoms with Crippen molar-refractivity contribution in [1.29, 1.82) is 0 Å². The zero-order valence-corrected chi connectivity index (χ0v) is 16.3. The Morgan fingerprint density at radius 3 is 2.56 bits per heavy atom. The first kappa shape index (κ1) is 19.7. The highest BCUT2D eigenvalue weighted by molar-refractivity contribution is 7.10. The molecule has 1 heterocycles. The van der Waals surface area contributed by atoms with Crippen molar-refractivity contribution in [2.75, 3.05) is 0 Å². The molecule has 0 atom stereocenters. The quantitative estimate of drug-likeness (QED) is 0.454. The van der Waals surface area contributed by atoms with E-state index in [0.717, 1.165) is 28.1 Å². The third kappa shape index (κ3) is 4.28. The monoisotopic (exact) mass is 411 g/mol. The van der Waals surface area contributed by atoms with E-state index >= 15 is 0 Å². The maximum Gasteiger partial charge on any atom is 0.416 e. The number of aromatic nitrogens is 1. The Morgan fingerprint density at radius 1 is 1.15 bits per heavy atom. The molecule has 0 fully saturated rings. The molecule has 2 aromatic carbocycles. The van der Waals surface area contributed by atoms with E-state index in [4.69, 9.17) is 16.3 Å². The largest absolute Gasteiger partial charge is 0.488 e. The smallest absolute Gasteiger partial charge is 0.416 e. The van der Waals surface area contributed by atoms with Crippen molar-refractivity contribution in [3.8, 4) is 16.2 Å². The fourth-order valence-electron chi connectivity index (χ4n) is 2.76. The third-order valence-electron chi connectivity index (χ3n) is 4.28. The average molecular weight is 412 g/mol. The van der Waals surface area contributed by atoms with E-state index in [1.54, 1.807) is 0 Å². The fraction of sp³-hybridized carbons (Fsp3) is 0.250. The van der Waals surface area contributed by atoms with Crippen molar-refractivity contribution < 1.29 is 17.9 Å². The Balaban J connectivity index is 1.92. The third-order valence-corrected chi connectivity index (χ3v) is 5.61. The van der Waals surface area contributed by atoms with Crippen LogP contribution in [0, 0.1) is 6.92 Å². The standard InChI is InChI=1S/C20H17ClF3NOS/c1-3-13-8-9-14(20(22,23)24)10-17(13)26-11-16-18(27-25-19(16)21)15-7-5-4-6-12(15)2/h4-10H,3,11H2,1-2H3. The van der Waals surface area contributed by atoms with Gasteiger partial charge in [-0.2, -0.15) is 17.5 Å². The van der Waals surface area contributed by atoms with E-state index in [-0.39, 0.29) is 12.4 Å². The highest BCUT2D eigenvalue weighted by Crippen LogP contribution is 2.37. The number of ether oxygens (including phenoxy) is 1. The van der Waals surface area contributed by atoms with Crippen LogP contribution >= 0.6 is 23.1 Å². The molecule has 0 aliphatic carbocycles. The minimum atomic E-state index is -4.42. The van der Waals surface area contributed by atoms with Crippen molar-refractivity contribution in [2.24, 2.45) is 0 Å². The fourth-order valence-corrected chi connectivity index (χ4v) is 3.94. The van der Waals surface area contributed by atoms with Gasteiger partial charge in [-0.05, 0) is 53.7 Å². The summed E-state index contributed by atoms with van der Waals surface area (Å²) >= 11 is 7.48. The zero-order valence-electron chi connectivity index (χ0n) is 14.7. The summed E-state index contributed by atoms with van der Waals surface area (Å²) in [6, 6.07) is 11.4. The van der Waals surface area contributed by atoms with Crippen LogP contribution in [-0.4, -0.2) is 4.37 Å². The summed E-state index contributed by atoms with van der Waals surface area (Å²) in [5.41, 5.74) is 2.70. The van der Waals surface area contributed by atoms with Crippen LogP contribution in [0.15, 0.2) is 42.5 Å². The molecular formula is C20H17ClF3NOS. The molecule has 1 aromatic heterocycles. The maximum atomic E-state index is 13.0. The second-order valence-electron chi connectivity index (χ2n) is 6.06. The molecule has 0 bridgehead atoms. The first-order valence-corrected chi connectivity index (χ1v) is 9.49. The molecule has 3 rings (SSSR count). The Kier molecular flexibility index (Phi) is 5.77. The molecule has 0 N–H and O–H groups in total. The van der Waals surface area contributed by atoms with Crippen molar-refractivity contribution in [1.82, 2.24) is 4.37 Å². The van der Waals surface area contributed by atoms with Gasteiger partial charge in [-0.25, -0.2) is 0 Å². The lowest BCUT2D eigenvalue weighted by Crippen LogP contribution is -2.07. The van der Waals surface area contributed by atoms with Gasteiger partial charge in [-0.3, -0.25) is 0 Å².